The van der Waals surface area contributed by atoms with E-state index in [9.17, 15) is 9.59 Å². The molecule has 1 spiro atoms. The average Bonchev–Trinajstić information content (AvgIpc) is 3.04. The predicted octanol–water partition coefficient (Wildman–Crippen LogP) is 1.71. The van der Waals surface area contributed by atoms with Gasteiger partial charge < -0.3 is 19.9 Å². The summed E-state index contributed by atoms with van der Waals surface area (Å²) in [6, 6.07) is 2.43. The van der Waals surface area contributed by atoms with Crippen molar-refractivity contribution < 1.29 is 14.3 Å². The number of amides is 2. The maximum Gasteiger partial charge on any atom is 0.228 e. The molecule has 1 saturated carbocycles. The van der Waals surface area contributed by atoms with Crippen LogP contribution in [0.3, 0.4) is 0 Å². The van der Waals surface area contributed by atoms with E-state index in [4.69, 9.17) is 4.74 Å². The molecular formula is C20H29N3O3S. The maximum atomic E-state index is 13.4. The van der Waals surface area contributed by atoms with Crippen LogP contribution in [0.1, 0.15) is 31.2 Å². The summed E-state index contributed by atoms with van der Waals surface area (Å²) in [5.74, 6) is 0.0236. The summed E-state index contributed by atoms with van der Waals surface area (Å²) in [6.07, 6.45) is 3.74. The highest BCUT2D eigenvalue weighted by Gasteiger charge is 2.58. The Morgan fingerprint density at radius 3 is 2.96 bits per heavy atom. The lowest BCUT2D eigenvalue weighted by atomic mass is 9.93. The van der Waals surface area contributed by atoms with Gasteiger partial charge in [-0.05, 0) is 60.2 Å². The van der Waals surface area contributed by atoms with Crippen LogP contribution < -0.4 is 5.32 Å². The monoisotopic (exact) mass is 391 g/mol. The van der Waals surface area contributed by atoms with Crippen LogP contribution in [0.4, 0.5) is 0 Å². The topological polar surface area (TPSA) is 61.9 Å². The molecule has 2 unspecified atom stereocenters. The number of nitrogens with zero attached hydrogens (tertiary/aromatic N) is 2. The molecule has 27 heavy (non-hydrogen) atoms. The third kappa shape index (κ3) is 3.91. The second-order valence-electron chi connectivity index (χ2n) is 8.16. The smallest absolute Gasteiger partial charge is 0.228 e. The van der Waals surface area contributed by atoms with Crippen LogP contribution in [0.5, 0.6) is 0 Å². The van der Waals surface area contributed by atoms with Gasteiger partial charge in [-0.25, -0.2) is 0 Å². The standard InChI is InChI=1S/C20H29N3O3S/c1-26-8-7-22-13-16(10-18(22)24)19(25)23(12-15-2-9-27-14-15)17-11-20(17)3-5-21-6-4-20/h2,9,14,16-17,21H,3-8,10-13H2,1H3. The predicted molar refractivity (Wildman–Crippen MR) is 104 cm³/mol. The first-order chi connectivity index (χ1) is 13.1. The number of hydrogen-bond donors (Lipinski definition) is 1. The van der Waals surface area contributed by atoms with Crippen LogP contribution in [-0.2, 0) is 20.9 Å². The van der Waals surface area contributed by atoms with E-state index < -0.39 is 0 Å². The van der Waals surface area contributed by atoms with Crippen LogP contribution in [0.2, 0.25) is 0 Å². The van der Waals surface area contributed by atoms with Gasteiger partial charge in [0.25, 0.3) is 0 Å². The first-order valence-electron chi connectivity index (χ1n) is 9.92. The van der Waals surface area contributed by atoms with Gasteiger partial charge in [-0.1, -0.05) is 0 Å². The number of methoxy groups -OCH3 is 1. The fraction of sp³-hybridized carbons (Fsp3) is 0.700. The molecule has 2 aliphatic heterocycles. The summed E-state index contributed by atoms with van der Waals surface area (Å²) in [6.45, 7) is 4.38. The SMILES string of the molecule is COCCN1CC(C(=O)N(Cc2ccsc2)C2CC23CCNCC3)CC1=O. The van der Waals surface area contributed by atoms with E-state index in [0.29, 0.717) is 44.1 Å². The first kappa shape index (κ1) is 18.9. The van der Waals surface area contributed by atoms with Gasteiger partial charge in [-0.15, -0.1) is 0 Å². The Bertz CT molecular complexity index is 672. The Morgan fingerprint density at radius 2 is 2.26 bits per heavy atom. The van der Waals surface area contributed by atoms with Gasteiger partial charge in [0.05, 0.1) is 12.5 Å². The van der Waals surface area contributed by atoms with E-state index in [1.54, 1.807) is 23.3 Å². The lowest BCUT2D eigenvalue weighted by Gasteiger charge is -2.31. The molecule has 2 saturated heterocycles. The Morgan fingerprint density at radius 1 is 1.44 bits per heavy atom. The highest BCUT2D eigenvalue weighted by Crippen LogP contribution is 2.56. The van der Waals surface area contributed by atoms with Crippen molar-refractivity contribution in [2.75, 3.05) is 39.9 Å². The lowest BCUT2D eigenvalue weighted by molar-refractivity contribution is -0.137. The summed E-state index contributed by atoms with van der Waals surface area (Å²) in [5, 5.41) is 7.63. The van der Waals surface area contributed by atoms with Gasteiger partial charge in [0, 0.05) is 39.2 Å². The van der Waals surface area contributed by atoms with Gasteiger partial charge >= 0.3 is 0 Å². The average molecular weight is 392 g/mol. The normalized spacial score (nSPS) is 26.6. The van der Waals surface area contributed by atoms with E-state index in [2.05, 4.69) is 27.0 Å². The van der Waals surface area contributed by atoms with Crippen molar-refractivity contribution in [3.63, 3.8) is 0 Å². The number of piperidine rings is 1. The molecule has 3 aliphatic rings. The molecule has 3 heterocycles. The largest absolute Gasteiger partial charge is 0.383 e. The highest BCUT2D eigenvalue weighted by atomic mass is 32.1. The summed E-state index contributed by atoms with van der Waals surface area (Å²) in [7, 11) is 1.64. The van der Waals surface area contributed by atoms with Crippen molar-refractivity contribution in [1.29, 1.82) is 0 Å². The maximum absolute atomic E-state index is 13.4. The molecular weight excluding hydrogens is 362 g/mol. The molecule has 1 aromatic rings. The lowest BCUT2D eigenvalue weighted by Crippen LogP contribution is -2.42. The van der Waals surface area contributed by atoms with Gasteiger partial charge in [-0.2, -0.15) is 11.3 Å². The third-order valence-electron chi connectivity index (χ3n) is 6.47. The van der Waals surface area contributed by atoms with Gasteiger partial charge in [0.15, 0.2) is 0 Å². The summed E-state index contributed by atoms with van der Waals surface area (Å²) < 4.78 is 5.09. The van der Waals surface area contributed by atoms with E-state index in [1.165, 1.54) is 5.56 Å². The minimum absolute atomic E-state index is 0.0771. The van der Waals surface area contributed by atoms with Crippen molar-refractivity contribution in [3.05, 3.63) is 22.4 Å². The molecule has 148 valence electrons. The fourth-order valence-electron chi connectivity index (χ4n) is 4.74. The van der Waals surface area contributed by atoms with Crippen molar-refractivity contribution in [1.82, 2.24) is 15.1 Å². The molecule has 2 atom stereocenters. The number of thiophene rings is 1. The molecule has 6 nitrogen and oxygen atoms in total. The van der Waals surface area contributed by atoms with Gasteiger partial charge in [0.1, 0.15) is 0 Å². The van der Waals surface area contributed by atoms with Crippen molar-refractivity contribution in [3.8, 4) is 0 Å². The molecule has 0 bridgehead atoms. The zero-order chi connectivity index (χ0) is 18.9. The zero-order valence-corrected chi connectivity index (χ0v) is 16.8. The summed E-state index contributed by atoms with van der Waals surface area (Å²) in [4.78, 5) is 29.6. The van der Waals surface area contributed by atoms with Crippen LogP contribution in [0.25, 0.3) is 0 Å². The van der Waals surface area contributed by atoms with Crippen molar-refractivity contribution in [2.45, 2.75) is 38.3 Å². The number of carbonyl (C=O) groups excluding carboxylic acids is 2. The van der Waals surface area contributed by atoms with Crippen molar-refractivity contribution in [2.24, 2.45) is 11.3 Å². The Labute approximate surface area is 164 Å². The molecule has 1 aliphatic carbocycles. The van der Waals surface area contributed by atoms with E-state index >= 15 is 0 Å². The molecule has 1 N–H and O–H groups in total. The van der Waals surface area contributed by atoms with Crippen LogP contribution in [-0.4, -0.2) is 67.6 Å². The number of ether oxygens (including phenoxy) is 1. The zero-order valence-electron chi connectivity index (χ0n) is 16.0. The number of nitrogens with one attached hydrogen (secondary N) is 1. The van der Waals surface area contributed by atoms with Crippen LogP contribution >= 0.6 is 11.3 Å². The second kappa shape index (κ2) is 7.89. The molecule has 7 heteroatoms. The number of likely N-dealkylation sites (tertiary alicyclic amines) is 1. The first-order valence-corrected chi connectivity index (χ1v) is 10.9. The summed E-state index contributed by atoms with van der Waals surface area (Å²) >= 11 is 1.67. The molecule has 0 aromatic carbocycles. The number of rotatable bonds is 7. The minimum Gasteiger partial charge on any atom is -0.383 e. The minimum atomic E-state index is -0.215. The second-order valence-corrected chi connectivity index (χ2v) is 8.94. The van der Waals surface area contributed by atoms with E-state index in [1.807, 2.05) is 0 Å². The van der Waals surface area contributed by atoms with Crippen LogP contribution in [0, 0.1) is 11.3 Å². The van der Waals surface area contributed by atoms with Crippen LogP contribution in [0.15, 0.2) is 16.8 Å². The third-order valence-corrected chi connectivity index (χ3v) is 7.20. The van der Waals surface area contributed by atoms with E-state index in [0.717, 1.165) is 32.4 Å². The van der Waals surface area contributed by atoms with E-state index in [-0.39, 0.29) is 17.7 Å². The molecule has 3 fully saturated rings. The molecule has 1 aromatic heterocycles. The quantitative estimate of drug-likeness (QED) is 0.769. The Balaban J connectivity index is 1.47. The molecule has 2 amide bonds. The Hall–Kier alpha value is -1.44. The number of hydrogen-bond acceptors (Lipinski definition) is 5. The molecule has 4 rings (SSSR count). The van der Waals surface area contributed by atoms with Crippen molar-refractivity contribution >= 4 is 23.2 Å². The molecule has 0 radical (unpaired) electrons. The number of carbonyl (C=O) groups is 2. The Kier molecular flexibility index (Phi) is 5.53. The summed E-state index contributed by atoms with van der Waals surface area (Å²) in [5.41, 5.74) is 1.50. The van der Waals surface area contributed by atoms with Gasteiger partial charge in [0.2, 0.25) is 11.8 Å². The highest BCUT2D eigenvalue weighted by molar-refractivity contribution is 7.07. The van der Waals surface area contributed by atoms with Gasteiger partial charge in [-0.3, -0.25) is 9.59 Å². The fourth-order valence-corrected chi connectivity index (χ4v) is 5.40.